The summed E-state index contributed by atoms with van der Waals surface area (Å²) in [6, 6.07) is 11.8. The van der Waals surface area contributed by atoms with Crippen LogP contribution < -0.4 is 5.32 Å². The van der Waals surface area contributed by atoms with Crippen LogP contribution in [0, 0.1) is 11.3 Å². The van der Waals surface area contributed by atoms with E-state index in [-0.39, 0.29) is 5.57 Å². The van der Waals surface area contributed by atoms with Crippen LogP contribution in [0.25, 0.3) is 6.08 Å². The van der Waals surface area contributed by atoms with Crippen LogP contribution in [0.3, 0.4) is 0 Å². The van der Waals surface area contributed by atoms with Crippen LogP contribution in [-0.4, -0.2) is 20.7 Å². The molecule has 3 aromatic rings. The molecule has 1 aromatic carbocycles. The van der Waals surface area contributed by atoms with Crippen molar-refractivity contribution in [2.24, 2.45) is 0 Å². The van der Waals surface area contributed by atoms with Crippen molar-refractivity contribution in [3.05, 3.63) is 71.0 Å². The van der Waals surface area contributed by atoms with Gasteiger partial charge in [0.05, 0.1) is 12.7 Å². The maximum atomic E-state index is 12.1. The van der Waals surface area contributed by atoms with Gasteiger partial charge in [-0.1, -0.05) is 30.3 Å². The average Bonchev–Trinajstić information content (AvgIpc) is 3.25. The Morgan fingerprint density at radius 1 is 1.38 bits per heavy atom. The molecule has 0 aliphatic heterocycles. The summed E-state index contributed by atoms with van der Waals surface area (Å²) in [7, 11) is 0. The molecule has 7 heteroatoms. The molecule has 0 spiro atoms. The summed E-state index contributed by atoms with van der Waals surface area (Å²) in [5.74, 6) is -0.483. The quantitative estimate of drug-likeness (QED) is 0.574. The van der Waals surface area contributed by atoms with Crippen LogP contribution in [0.1, 0.15) is 11.1 Å². The molecule has 3 rings (SSSR count). The first-order valence-electron chi connectivity index (χ1n) is 7.13. The number of nitrogens with zero attached hydrogens (tertiary/aromatic N) is 4. The molecule has 0 atom stereocenters. The second-order valence-corrected chi connectivity index (χ2v) is 5.81. The van der Waals surface area contributed by atoms with Crippen molar-refractivity contribution in [3.63, 3.8) is 0 Å². The molecule has 2 aromatic heterocycles. The highest BCUT2D eigenvalue weighted by molar-refractivity contribution is 7.13. The summed E-state index contributed by atoms with van der Waals surface area (Å²) >= 11 is 1.29. The van der Waals surface area contributed by atoms with Crippen molar-refractivity contribution in [3.8, 4) is 6.07 Å². The maximum absolute atomic E-state index is 12.1. The van der Waals surface area contributed by atoms with Crippen molar-refractivity contribution < 1.29 is 4.79 Å². The van der Waals surface area contributed by atoms with Crippen LogP contribution in [0.2, 0.25) is 0 Å². The SMILES string of the molecule is N#C/C(=C/c1cnn(Cc2ccccc2)c1)C(=O)Nc1nccs1. The number of anilines is 1. The molecule has 6 nitrogen and oxygen atoms in total. The zero-order valence-electron chi connectivity index (χ0n) is 12.6. The Hall–Kier alpha value is -3.24. The van der Waals surface area contributed by atoms with Gasteiger partial charge in [0, 0.05) is 23.3 Å². The van der Waals surface area contributed by atoms with E-state index in [1.807, 2.05) is 36.4 Å². The Bertz CT molecular complexity index is 891. The molecule has 118 valence electrons. The van der Waals surface area contributed by atoms with E-state index in [1.54, 1.807) is 28.7 Å². The number of carbonyl (C=O) groups excluding carboxylic acids is 1. The van der Waals surface area contributed by atoms with E-state index >= 15 is 0 Å². The molecular weight excluding hydrogens is 322 g/mol. The molecule has 24 heavy (non-hydrogen) atoms. The summed E-state index contributed by atoms with van der Waals surface area (Å²) in [6.07, 6.45) is 6.51. The van der Waals surface area contributed by atoms with Gasteiger partial charge in [-0.3, -0.25) is 14.8 Å². The number of rotatable bonds is 5. The van der Waals surface area contributed by atoms with Gasteiger partial charge in [0.1, 0.15) is 11.6 Å². The number of aromatic nitrogens is 3. The van der Waals surface area contributed by atoms with Gasteiger partial charge < -0.3 is 0 Å². The molecular formula is C17H13N5OS. The van der Waals surface area contributed by atoms with Crippen molar-refractivity contribution in [1.29, 1.82) is 5.26 Å². The molecule has 0 aliphatic carbocycles. The zero-order valence-corrected chi connectivity index (χ0v) is 13.4. The normalized spacial score (nSPS) is 11.0. The first kappa shape index (κ1) is 15.6. The van der Waals surface area contributed by atoms with E-state index in [4.69, 9.17) is 0 Å². The largest absolute Gasteiger partial charge is 0.297 e. The van der Waals surface area contributed by atoms with E-state index < -0.39 is 5.91 Å². The fourth-order valence-electron chi connectivity index (χ4n) is 2.08. The number of hydrogen-bond acceptors (Lipinski definition) is 5. The monoisotopic (exact) mass is 335 g/mol. The summed E-state index contributed by atoms with van der Waals surface area (Å²) in [4.78, 5) is 16.0. The predicted octanol–water partition coefficient (Wildman–Crippen LogP) is 2.93. The topological polar surface area (TPSA) is 83.6 Å². The Morgan fingerprint density at radius 2 is 2.21 bits per heavy atom. The highest BCUT2D eigenvalue weighted by Gasteiger charge is 2.11. The molecule has 0 unspecified atom stereocenters. The molecule has 0 saturated heterocycles. The van der Waals surface area contributed by atoms with Gasteiger partial charge in [0.2, 0.25) is 0 Å². The van der Waals surface area contributed by atoms with Gasteiger partial charge in [-0.25, -0.2) is 4.98 Å². The van der Waals surface area contributed by atoms with Crippen LogP contribution in [-0.2, 0) is 11.3 Å². The Balaban J connectivity index is 1.72. The first-order valence-corrected chi connectivity index (χ1v) is 8.01. The summed E-state index contributed by atoms with van der Waals surface area (Å²) in [6.45, 7) is 0.627. The third kappa shape index (κ3) is 3.94. The fourth-order valence-corrected chi connectivity index (χ4v) is 2.60. The highest BCUT2D eigenvalue weighted by atomic mass is 32.1. The zero-order chi connectivity index (χ0) is 16.8. The minimum Gasteiger partial charge on any atom is -0.297 e. The van der Waals surface area contributed by atoms with Crippen molar-refractivity contribution in [1.82, 2.24) is 14.8 Å². The Labute approximate surface area is 142 Å². The van der Waals surface area contributed by atoms with E-state index in [2.05, 4.69) is 15.4 Å². The molecule has 1 N–H and O–H groups in total. The number of nitrogens with one attached hydrogen (secondary N) is 1. The minimum atomic E-state index is -0.483. The standard InChI is InChI=1S/C17H13N5OS/c18-9-15(16(23)21-17-19-6-7-24-17)8-14-10-20-22(12-14)11-13-4-2-1-3-5-13/h1-8,10,12H,11H2,(H,19,21,23)/b15-8-. The van der Waals surface area contributed by atoms with Gasteiger partial charge in [-0.2, -0.15) is 10.4 Å². The molecule has 0 bridgehead atoms. The number of thiazole rings is 1. The lowest BCUT2D eigenvalue weighted by atomic mass is 10.2. The van der Waals surface area contributed by atoms with Crippen LogP contribution in [0.15, 0.2) is 59.9 Å². The van der Waals surface area contributed by atoms with E-state index in [0.29, 0.717) is 17.2 Å². The van der Waals surface area contributed by atoms with Gasteiger partial charge >= 0.3 is 0 Å². The Morgan fingerprint density at radius 3 is 2.92 bits per heavy atom. The summed E-state index contributed by atoms with van der Waals surface area (Å²) in [5, 5.41) is 18.3. The lowest BCUT2D eigenvalue weighted by Crippen LogP contribution is -2.13. The number of amides is 1. The molecule has 0 fully saturated rings. The summed E-state index contributed by atoms with van der Waals surface area (Å²) < 4.78 is 1.76. The number of hydrogen-bond donors (Lipinski definition) is 1. The van der Waals surface area contributed by atoms with Gasteiger partial charge in [-0.05, 0) is 11.6 Å². The molecule has 0 aliphatic rings. The summed E-state index contributed by atoms with van der Waals surface area (Å²) in [5.41, 5.74) is 1.82. The van der Waals surface area contributed by atoms with E-state index in [1.165, 1.54) is 17.4 Å². The third-order valence-corrected chi connectivity index (χ3v) is 3.86. The average molecular weight is 335 g/mol. The van der Waals surface area contributed by atoms with Crippen LogP contribution >= 0.6 is 11.3 Å². The lowest BCUT2D eigenvalue weighted by molar-refractivity contribution is -0.112. The Kier molecular flexibility index (Phi) is 4.79. The van der Waals surface area contributed by atoms with Crippen molar-refractivity contribution in [2.75, 3.05) is 5.32 Å². The van der Waals surface area contributed by atoms with Gasteiger partial charge in [0.25, 0.3) is 5.91 Å². The van der Waals surface area contributed by atoms with E-state index in [0.717, 1.165) is 5.56 Å². The van der Waals surface area contributed by atoms with Crippen molar-refractivity contribution in [2.45, 2.75) is 6.54 Å². The molecule has 0 saturated carbocycles. The second-order valence-electron chi connectivity index (χ2n) is 4.92. The van der Waals surface area contributed by atoms with Crippen molar-refractivity contribution >= 4 is 28.5 Å². The smallest absolute Gasteiger partial charge is 0.268 e. The molecule has 0 radical (unpaired) electrons. The minimum absolute atomic E-state index is 0.00413. The lowest BCUT2D eigenvalue weighted by Gasteiger charge is -2.00. The maximum Gasteiger partial charge on any atom is 0.268 e. The van der Waals surface area contributed by atoms with Crippen LogP contribution in [0.4, 0.5) is 5.13 Å². The third-order valence-electron chi connectivity index (χ3n) is 3.17. The van der Waals surface area contributed by atoms with Crippen LogP contribution in [0.5, 0.6) is 0 Å². The second kappa shape index (κ2) is 7.35. The molecule has 1 amide bonds. The van der Waals surface area contributed by atoms with E-state index in [9.17, 15) is 10.1 Å². The number of benzene rings is 1. The number of nitriles is 1. The van der Waals surface area contributed by atoms with Gasteiger partial charge in [0.15, 0.2) is 5.13 Å². The fraction of sp³-hybridized carbons (Fsp3) is 0.0588. The first-order chi connectivity index (χ1) is 11.7. The molecule has 2 heterocycles. The van der Waals surface area contributed by atoms with Gasteiger partial charge in [-0.15, -0.1) is 11.3 Å². The number of carbonyl (C=O) groups is 1. The predicted molar refractivity (Wildman–Crippen MR) is 92.1 cm³/mol. The highest BCUT2D eigenvalue weighted by Crippen LogP contribution is 2.13.